The van der Waals surface area contributed by atoms with Gasteiger partial charge in [-0.1, -0.05) is 29.3 Å². The Morgan fingerprint density at radius 1 is 1.24 bits per heavy atom. The van der Waals surface area contributed by atoms with Crippen molar-refractivity contribution in [2.24, 2.45) is 0 Å². The second-order valence-electron chi connectivity index (χ2n) is 2.89. The number of halogens is 2. The van der Waals surface area contributed by atoms with Crippen LogP contribution in [0, 0.1) is 0 Å². The molecule has 8 heteroatoms. The van der Waals surface area contributed by atoms with E-state index in [1.807, 2.05) is 10.9 Å². The number of nitrogens with one attached hydrogen (secondary N) is 3. The lowest BCUT2D eigenvalue weighted by Crippen LogP contribution is -2.45. The summed E-state index contributed by atoms with van der Waals surface area (Å²) in [6, 6.07) is 4.01. The Hall–Kier alpha value is -1.50. The first-order valence-corrected chi connectivity index (χ1v) is 5.21. The lowest BCUT2D eigenvalue weighted by atomic mass is 10.3. The minimum Gasteiger partial charge on any atom is -0.386 e. The highest BCUT2D eigenvalue weighted by molar-refractivity contribution is 6.43. The van der Waals surface area contributed by atoms with E-state index in [1.165, 1.54) is 0 Å². The molecule has 0 aromatic heterocycles. The molecule has 17 heavy (non-hydrogen) atoms. The molecule has 0 fully saturated rings. The number of hydrogen-bond acceptors (Lipinski definition) is 3. The molecule has 1 aromatic rings. The Bertz CT molecular complexity index is 439. The van der Waals surface area contributed by atoms with E-state index in [0.717, 1.165) is 0 Å². The number of urea groups is 1. The van der Waals surface area contributed by atoms with Crippen LogP contribution in [0.15, 0.2) is 18.2 Å². The monoisotopic (exact) mass is 277 g/mol. The fourth-order valence-corrected chi connectivity index (χ4v) is 1.27. The van der Waals surface area contributed by atoms with E-state index in [9.17, 15) is 9.59 Å². The van der Waals surface area contributed by atoms with Gasteiger partial charge in [-0.3, -0.25) is 10.2 Å². The number of carbonyl (C=O) groups excluding carboxylic acids is 2. The van der Waals surface area contributed by atoms with E-state index in [1.54, 1.807) is 18.2 Å². The van der Waals surface area contributed by atoms with Gasteiger partial charge in [0.25, 0.3) is 5.91 Å². The zero-order valence-electron chi connectivity index (χ0n) is 8.46. The number of aliphatic hydroxyl groups excluding tert-OH is 1. The minimum atomic E-state index is -0.739. The van der Waals surface area contributed by atoms with Crippen molar-refractivity contribution >= 4 is 40.8 Å². The van der Waals surface area contributed by atoms with Crippen molar-refractivity contribution < 1.29 is 14.7 Å². The van der Waals surface area contributed by atoms with Crippen LogP contribution in [-0.4, -0.2) is 23.7 Å². The quantitative estimate of drug-likeness (QED) is 0.611. The molecular weight excluding hydrogens is 269 g/mol. The van der Waals surface area contributed by atoms with Gasteiger partial charge in [-0.25, -0.2) is 10.2 Å². The fourth-order valence-electron chi connectivity index (χ4n) is 0.920. The van der Waals surface area contributed by atoms with Crippen molar-refractivity contribution in [2.75, 3.05) is 11.9 Å². The molecule has 0 bridgehead atoms. The summed E-state index contributed by atoms with van der Waals surface area (Å²) < 4.78 is 0. The smallest absolute Gasteiger partial charge is 0.337 e. The van der Waals surface area contributed by atoms with Crippen LogP contribution in [0.4, 0.5) is 10.5 Å². The van der Waals surface area contributed by atoms with Crippen LogP contribution in [0.3, 0.4) is 0 Å². The highest BCUT2D eigenvalue weighted by Crippen LogP contribution is 2.29. The van der Waals surface area contributed by atoms with Crippen LogP contribution in [0.2, 0.25) is 10.0 Å². The van der Waals surface area contributed by atoms with Crippen LogP contribution in [0.1, 0.15) is 0 Å². The summed E-state index contributed by atoms with van der Waals surface area (Å²) >= 11 is 11.6. The van der Waals surface area contributed by atoms with Crippen LogP contribution in [0.5, 0.6) is 0 Å². The summed E-state index contributed by atoms with van der Waals surface area (Å²) in [5.74, 6) is -0.739. The summed E-state index contributed by atoms with van der Waals surface area (Å²) in [6.07, 6.45) is 0. The first-order chi connectivity index (χ1) is 8.04. The molecule has 4 N–H and O–H groups in total. The minimum absolute atomic E-state index is 0.192. The number of hydrogen-bond donors (Lipinski definition) is 4. The molecule has 0 aliphatic heterocycles. The van der Waals surface area contributed by atoms with Gasteiger partial charge in [0.1, 0.15) is 6.61 Å². The Kier molecular flexibility index (Phi) is 5.02. The summed E-state index contributed by atoms with van der Waals surface area (Å²) in [6.45, 7) is -0.724. The number of rotatable bonds is 2. The maximum atomic E-state index is 11.3. The van der Waals surface area contributed by atoms with Crippen LogP contribution in [-0.2, 0) is 4.79 Å². The first kappa shape index (κ1) is 13.6. The molecule has 6 nitrogen and oxygen atoms in total. The average Bonchev–Trinajstić information content (AvgIpc) is 2.32. The Labute approximate surface area is 107 Å². The number of carbonyl (C=O) groups is 2. The highest BCUT2D eigenvalue weighted by Gasteiger charge is 2.08. The summed E-state index contributed by atoms with van der Waals surface area (Å²) in [4.78, 5) is 21.9. The van der Waals surface area contributed by atoms with Gasteiger partial charge in [0, 0.05) is 0 Å². The molecule has 0 radical (unpaired) electrons. The summed E-state index contributed by atoms with van der Waals surface area (Å²) in [7, 11) is 0. The lowest BCUT2D eigenvalue weighted by molar-refractivity contribution is -0.124. The van der Waals surface area contributed by atoms with Crippen molar-refractivity contribution in [3.63, 3.8) is 0 Å². The number of amides is 3. The van der Waals surface area contributed by atoms with E-state index in [2.05, 4.69) is 5.32 Å². The van der Waals surface area contributed by atoms with Gasteiger partial charge in [-0.2, -0.15) is 0 Å². The van der Waals surface area contributed by atoms with Gasteiger partial charge in [0.2, 0.25) is 0 Å². The van der Waals surface area contributed by atoms with Crippen molar-refractivity contribution in [2.45, 2.75) is 0 Å². The molecular formula is C9H9Cl2N3O3. The van der Waals surface area contributed by atoms with Gasteiger partial charge in [0.05, 0.1) is 15.7 Å². The normalized spacial score (nSPS) is 9.59. The molecule has 3 amide bonds. The fraction of sp³-hybridized carbons (Fsp3) is 0.111. The van der Waals surface area contributed by atoms with E-state index >= 15 is 0 Å². The molecule has 0 saturated carbocycles. The third-order valence-corrected chi connectivity index (χ3v) is 2.48. The maximum Gasteiger partial charge on any atom is 0.337 e. The predicted molar refractivity (Wildman–Crippen MR) is 63.8 cm³/mol. The second-order valence-corrected chi connectivity index (χ2v) is 3.67. The van der Waals surface area contributed by atoms with Gasteiger partial charge in [-0.15, -0.1) is 0 Å². The molecule has 0 aliphatic rings. The van der Waals surface area contributed by atoms with E-state index in [0.29, 0.717) is 10.7 Å². The van der Waals surface area contributed by atoms with Crippen molar-refractivity contribution in [3.05, 3.63) is 28.2 Å². The predicted octanol–water partition coefficient (Wildman–Crippen LogP) is 1.14. The van der Waals surface area contributed by atoms with Gasteiger partial charge in [0.15, 0.2) is 0 Å². The van der Waals surface area contributed by atoms with Gasteiger partial charge >= 0.3 is 6.03 Å². The zero-order valence-corrected chi connectivity index (χ0v) is 9.97. The van der Waals surface area contributed by atoms with Crippen LogP contribution in [0.25, 0.3) is 0 Å². The van der Waals surface area contributed by atoms with E-state index < -0.39 is 18.5 Å². The number of hydrazine groups is 1. The molecule has 0 aliphatic carbocycles. The SMILES string of the molecule is O=C(CO)NNC(=O)Nc1cccc(Cl)c1Cl. The first-order valence-electron chi connectivity index (χ1n) is 4.45. The summed E-state index contributed by atoms with van der Waals surface area (Å²) in [5.41, 5.74) is 4.28. The van der Waals surface area contributed by atoms with E-state index in [4.69, 9.17) is 28.3 Å². The molecule has 92 valence electrons. The Morgan fingerprint density at radius 2 is 1.94 bits per heavy atom. The van der Waals surface area contributed by atoms with Gasteiger partial charge in [-0.05, 0) is 12.1 Å². The zero-order chi connectivity index (χ0) is 12.8. The molecule has 0 spiro atoms. The standard InChI is InChI=1S/C9H9Cl2N3O3/c10-5-2-1-3-6(8(5)11)12-9(17)14-13-7(16)4-15/h1-3,15H,4H2,(H,13,16)(H2,12,14,17). The topological polar surface area (TPSA) is 90.5 Å². The molecule has 1 aromatic carbocycles. The number of benzene rings is 1. The summed E-state index contributed by atoms with van der Waals surface area (Å²) in [5, 5.41) is 11.3. The molecule has 0 unspecified atom stereocenters. The molecule has 0 heterocycles. The largest absolute Gasteiger partial charge is 0.386 e. The van der Waals surface area contributed by atoms with Crippen molar-refractivity contribution in [1.29, 1.82) is 0 Å². The van der Waals surface area contributed by atoms with Crippen molar-refractivity contribution in [1.82, 2.24) is 10.9 Å². The number of aliphatic hydroxyl groups is 1. The molecule has 1 rings (SSSR count). The second kappa shape index (κ2) is 6.29. The van der Waals surface area contributed by atoms with Crippen molar-refractivity contribution in [3.8, 4) is 0 Å². The average molecular weight is 278 g/mol. The Balaban J connectivity index is 2.56. The van der Waals surface area contributed by atoms with Crippen LogP contribution >= 0.6 is 23.2 Å². The third kappa shape index (κ3) is 4.10. The number of anilines is 1. The molecule has 0 saturated heterocycles. The van der Waals surface area contributed by atoms with Crippen LogP contribution < -0.4 is 16.2 Å². The highest BCUT2D eigenvalue weighted by atomic mass is 35.5. The van der Waals surface area contributed by atoms with Gasteiger partial charge < -0.3 is 10.4 Å². The third-order valence-electron chi connectivity index (χ3n) is 1.66. The van der Waals surface area contributed by atoms with E-state index in [-0.39, 0.29) is 5.02 Å². The maximum absolute atomic E-state index is 11.3. The Morgan fingerprint density at radius 3 is 2.59 bits per heavy atom. The molecule has 0 atom stereocenters. The lowest BCUT2D eigenvalue weighted by Gasteiger charge is -2.09.